The summed E-state index contributed by atoms with van der Waals surface area (Å²) in [7, 11) is 0. The Balaban J connectivity index is 1.29. The second-order valence-electron chi connectivity index (χ2n) is 9.13. The first-order chi connectivity index (χ1) is 17.8. The van der Waals surface area contributed by atoms with Crippen molar-refractivity contribution in [2.24, 2.45) is 0 Å². The van der Waals surface area contributed by atoms with Gasteiger partial charge in [-0.3, -0.25) is 10.2 Å². The highest BCUT2D eigenvalue weighted by Gasteiger charge is 2.40. The molecule has 2 amide bonds. The van der Waals surface area contributed by atoms with Gasteiger partial charge in [0.25, 0.3) is 0 Å². The molecule has 3 aliphatic heterocycles. The molecule has 0 aliphatic carbocycles. The molecule has 9 nitrogen and oxygen atoms in total. The Labute approximate surface area is 210 Å². The minimum Gasteiger partial charge on any atom is -0.458 e. The largest absolute Gasteiger partial charge is 0.458 e. The van der Waals surface area contributed by atoms with Crippen molar-refractivity contribution in [2.45, 2.75) is 31.2 Å². The van der Waals surface area contributed by atoms with E-state index < -0.39 is 17.8 Å². The van der Waals surface area contributed by atoms with Gasteiger partial charge in [-0.25, -0.2) is 14.8 Å². The number of pyridine rings is 1. The number of carbonyl (C=O) groups excluding carboxylic acids is 1. The van der Waals surface area contributed by atoms with E-state index in [9.17, 15) is 18.0 Å². The monoisotopic (exact) mass is 512 g/mol. The zero-order valence-corrected chi connectivity index (χ0v) is 19.6. The van der Waals surface area contributed by atoms with Crippen LogP contribution in [0.5, 0.6) is 6.01 Å². The zero-order valence-electron chi connectivity index (χ0n) is 19.6. The van der Waals surface area contributed by atoms with E-state index in [4.69, 9.17) is 9.47 Å². The summed E-state index contributed by atoms with van der Waals surface area (Å²) < 4.78 is 50.9. The van der Waals surface area contributed by atoms with E-state index in [2.05, 4.69) is 25.2 Å². The van der Waals surface area contributed by atoms with Gasteiger partial charge in [-0.15, -0.1) is 0 Å². The molecule has 2 atom stereocenters. The van der Waals surface area contributed by atoms with Crippen molar-refractivity contribution in [3.05, 3.63) is 54.2 Å². The minimum absolute atomic E-state index is 0.134. The Bertz CT molecular complexity index is 1330. The highest BCUT2D eigenvalue weighted by Crippen LogP contribution is 2.41. The SMILES string of the molecule is O=C(Nc1ccnc(O[C@@H]2CCOC2)n1)N1c2nc(-c3cccc(C(F)(F)F)c3)ccc2N2CC[C@H]1C2. The van der Waals surface area contributed by atoms with Crippen LogP contribution in [0.3, 0.4) is 0 Å². The highest BCUT2D eigenvalue weighted by atomic mass is 19.4. The number of alkyl halides is 3. The first-order valence-corrected chi connectivity index (χ1v) is 12.0. The van der Waals surface area contributed by atoms with Crippen molar-refractivity contribution in [3.63, 3.8) is 0 Å². The average molecular weight is 512 g/mol. The smallest absolute Gasteiger partial charge is 0.416 e. The van der Waals surface area contributed by atoms with Crippen LogP contribution < -0.4 is 19.9 Å². The number of fused-ring (bicyclic) bond motifs is 4. The molecular weight excluding hydrogens is 489 g/mol. The highest BCUT2D eigenvalue weighted by molar-refractivity contribution is 6.04. The van der Waals surface area contributed by atoms with Crippen LogP contribution >= 0.6 is 0 Å². The van der Waals surface area contributed by atoms with E-state index in [1.165, 1.54) is 12.3 Å². The van der Waals surface area contributed by atoms with E-state index in [0.717, 1.165) is 37.2 Å². The second kappa shape index (κ2) is 9.18. The van der Waals surface area contributed by atoms with Crippen molar-refractivity contribution in [1.29, 1.82) is 0 Å². The lowest BCUT2D eigenvalue weighted by Gasteiger charge is -2.35. The third kappa shape index (κ3) is 4.64. The fraction of sp³-hybridized carbons (Fsp3) is 0.360. The van der Waals surface area contributed by atoms with Crippen LogP contribution in [0.15, 0.2) is 48.7 Å². The summed E-state index contributed by atoms with van der Waals surface area (Å²) in [6.45, 7) is 2.47. The number of hydrogen-bond donors (Lipinski definition) is 1. The van der Waals surface area contributed by atoms with Gasteiger partial charge in [0.15, 0.2) is 5.82 Å². The predicted octanol–water partition coefficient (Wildman–Crippen LogP) is 4.36. The Morgan fingerprint density at radius 3 is 2.84 bits per heavy atom. The summed E-state index contributed by atoms with van der Waals surface area (Å²) in [6.07, 6.45) is -1.63. The number of nitrogens with zero attached hydrogens (tertiary/aromatic N) is 5. The summed E-state index contributed by atoms with van der Waals surface area (Å²) in [5.41, 5.74) is 0.669. The van der Waals surface area contributed by atoms with Crippen molar-refractivity contribution < 1.29 is 27.4 Å². The fourth-order valence-electron chi connectivity index (χ4n) is 4.88. The molecule has 2 bridgehead atoms. The molecule has 0 radical (unpaired) electrons. The Morgan fingerprint density at radius 1 is 1.14 bits per heavy atom. The molecule has 0 spiro atoms. The topological polar surface area (TPSA) is 92.7 Å². The summed E-state index contributed by atoms with van der Waals surface area (Å²) in [6, 6.07) is 9.64. The molecule has 2 fully saturated rings. The molecule has 3 aliphatic rings. The van der Waals surface area contributed by atoms with E-state index in [1.807, 2.05) is 0 Å². The number of benzene rings is 1. The van der Waals surface area contributed by atoms with Crippen LogP contribution in [0, 0.1) is 0 Å². The molecule has 0 saturated carbocycles. The van der Waals surface area contributed by atoms with E-state index in [1.54, 1.807) is 29.2 Å². The predicted molar refractivity (Wildman–Crippen MR) is 129 cm³/mol. The summed E-state index contributed by atoms with van der Waals surface area (Å²) in [5.74, 6) is 0.666. The Hall–Kier alpha value is -3.93. The third-order valence-electron chi connectivity index (χ3n) is 6.68. The lowest BCUT2D eigenvalue weighted by Crippen LogP contribution is -2.48. The van der Waals surface area contributed by atoms with Gasteiger partial charge in [0.2, 0.25) is 0 Å². The Kier molecular flexibility index (Phi) is 5.82. The number of ether oxygens (including phenoxy) is 2. The standard InChI is InChI=1S/C25H23F3N6O3/c26-25(27,28)16-3-1-2-15(12-16)19-4-5-20-22(30-19)34(17-7-10-33(20)13-17)24(35)32-21-6-9-29-23(31-21)37-18-8-11-36-14-18/h1-6,9,12,17-18H,7-8,10-11,13-14H2,(H,29,31,32,35)/t17-,18+/m0/s1. The maximum absolute atomic E-state index is 13.5. The molecular formula is C25H23F3N6O3. The molecule has 1 aromatic carbocycles. The molecule has 12 heteroatoms. The van der Waals surface area contributed by atoms with Crippen LogP contribution in [0.1, 0.15) is 18.4 Å². The number of carbonyl (C=O) groups is 1. The molecule has 2 saturated heterocycles. The molecule has 192 valence electrons. The fourth-order valence-corrected chi connectivity index (χ4v) is 4.88. The molecule has 5 heterocycles. The molecule has 0 unspecified atom stereocenters. The summed E-state index contributed by atoms with van der Waals surface area (Å²) in [5, 5.41) is 2.81. The molecule has 37 heavy (non-hydrogen) atoms. The van der Waals surface area contributed by atoms with Crippen LogP contribution in [-0.4, -0.2) is 59.4 Å². The van der Waals surface area contributed by atoms with Crippen molar-refractivity contribution in [3.8, 4) is 17.3 Å². The van der Waals surface area contributed by atoms with Crippen molar-refractivity contribution >= 4 is 23.4 Å². The number of urea groups is 1. The number of aromatic nitrogens is 3. The third-order valence-corrected chi connectivity index (χ3v) is 6.68. The summed E-state index contributed by atoms with van der Waals surface area (Å²) in [4.78, 5) is 30.3. The maximum Gasteiger partial charge on any atom is 0.416 e. The summed E-state index contributed by atoms with van der Waals surface area (Å²) >= 11 is 0. The number of hydrogen-bond acceptors (Lipinski definition) is 7. The number of nitrogens with one attached hydrogen (secondary N) is 1. The van der Waals surface area contributed by atoms with Crippen LogP contribution in [0.2, 0.25) is 0 Å². The number of amides is 2. The van der Waals surface area contributed by atoms with Gasteiger partial charge in [-0.05, 0) is 36.8 Å². The lowest BCUT2D eigenvalue weighted by molar-refractivity contribution is -0.137. The first kappa shape index (κ1) is 23.5. The quantitative estimate of drug-likeness (QED) is 0.556. The van der Waals surface area contributed by atoms with Gasteiger partial charge in [-0.1, -0.05) is 12.1 Å². The van der Waals surface area contributed by atoms with E-state index >= 15 is 0 Å². The van der Waals surface area contributed by atoms with E-state index in [-0.39, 0.29) is 24.0 Å². The number of anilines is 3. The van der Waals surface area contributed by atoms with Gasteiger partial charge in [0.05, 0.1) is 36.2 Å². The van der Waals surface area contributed by atoms with Gasteiger partial charge >= 0.3 is 18.2 Å². The van der Waals surface area contributed by atoms with Gasteiger partial charge in [0, 0.05) is 31.3 Å². The number of halogens is 3. The molecule has 1 N–H and O–H groups in total. The zero-order chi connectivity index (χ0) is 25.6. The van der Waals surface area contributed by atoms with E-state index in [0.29, 0.717) is 36.8 Å². The maximum atomic E-state index is 13.5. The Morgan fingerprint density at radius 2 is 2.03 bits per heavy atom. The van der Waals surface area contributed by atoms with Gasteiger partial charge < -0.3 is 14.4 Å². The molecule has 2 aromatic heterocycles. The van der Waals surface area contributed by atoms with Crippen molar-refractivity contribution in [2.75, 3.05) is 41.4 Å². The minimum atomic E-state index is -4.47. The van der Waals surface area contributed by atoms with Crippen LogP contribution in [0.25, 0.3) is 11.3 Å². The lowest BCUT2D eigenvalue weighted by atomic mass is 10.1. The first-order valence-electron chi connectivity index (χ1n) is 12.0. The van der Waals surface area contributed by atoms with Gasteiger partial charge in [-0.2, -0.15) is 18.2 Å². The van der Waals surface area contributed by atoms with Crippen molar-refractivity contribution in [1.82, 2.24) is 15.0 Å². The normalized spacial score (nSPS) is 20.6. The van der Waals surface area contributed by atoms with Crippen LogP contribution in [0.4, 0.5) is 35.3 Å². The average Bonchev–Trinajstić information content (AvgIpc) is 3.54. The molecule has 3 aromatic rings. The number of rotatable bonds is 4. The van der Waals surface area contributed by atoms with Crippen LogP contribution in [-0.2, 0) is 10.9 Å². The van der Waals surface area contributed by atoms with Gasteiger partial charge in [0.1, 0.15) is 11.9 Å². The second-order valence-corrected chi connectivity index (χ2v) is 9.13. The molecule has 6 rings (SSSR count).